The highest BCUT2D eigenvalue weighted by Crippen LogP contribution is 2.23. The third-order valence-electron chi connectivity index (χ3n) is 3.62. The third kappa shape index (κ3) is 3.19. The first-order valence-electron chi connectivity index (χ1n) is 6.48. The van der Waals surface area contributed by atoms with Gasteiger partial charge in [-0.05, 0) is 37.5 Å². The lowest BCUT2D eigenvalue weighted by Crippen LogP contribution is -2.33. The Hall–Kier alpha value is -1.09. The van der Waals surface area contributed by atoms with Crippen LogP contribution in [0, 0.1) is 5.82 Å². The number of benzene rings is 1. The van der Waals surface area contributed by atoms with Gasteiger partial charge in [0.15, 0.2) is 0 Å². The van der Waals surface area contributed by atoms with Crippen molar-refractivity contribution in [2.24, 2.45) is 0 Å². The predicted octanol–water partition coefficient (Wildman–Crippen LogP) is 3.39. The Bertz CT molecular complexity index is 372. The van der Waals surface area contributed by atoms with Crippen LogP contribution >= 0.6 is 0 Å². The number of anilines is 1. The molecule has 0 saturated heterocycles. The van der Waals surface area contributed by atoms with Gasteiger partial charge in [-0.15, -0.1) is 0 Å². The highest BCUT2D eigenvalue weighted by Gasteiger charge is 2.16. The first kappa shape index (κ1) is 12.4. The van der Waals surface area contributed by atoms with E-state index in [2.05, 4.69) is 12.2 Å². The Morgan fingerprint density at radius 1 is 1.29 bits per heavy atom. The molecular weight excluding hydrogens is 215 g/mol. The van der Waals surface area contributed by atoms with E-state index in [1.54, 1.807) is 6.07 Å². The fourth-order valence-corrected chi connectivity index (χ4v) is 2.53. The minimum absolute atomic E-state index is 0.188. The van der Waals surface area contributed by atoms with Crippen LogP contribution in [0.5, 0.6) is 0 Å². The van der Waals surface area contributed by atoms with Gasteiger partial charge in [0.05, 0.1) is 5.69 Å². The molecular formula is C14H21FN2. The molecule has 94 valence electrons. The summed E-state index contributed by atoms with van der Waals surface area (Å²) in [4.78, 5) is 0. The number of hydrogen-bond acceptors (Lipinski definition) is 2. The molecule has 1 aliphatic carbocycles. The molecule has 0 unspecified atom stereocenters. The van der Waals surface area contributed by atoms with Crippen molar-refractivity contribution in [2.45, 2.75) is 51.1 Å². The van der Waals surface area contributed by atoms with E-state index >= 15 is 0 Å². The lowest BCUT2D eigenvalue weighted by atomic mass is 9.94. The molecule has 1 aromatic rings. The number of nitrogens with two attached hydrogens (primary N) is 1. The molecule has 0 aromatic heterocycles. The van der Waals surface area contributed by atoms with Gasteiger partial charge in [0, 0.05) is 12.1 Å². The molecule has 2 nitrogen and oxygen atoms in total. The van der Waals surface area contributed by atoms with E-state index in [0.717, 1.165) is 5.56 Å². The van der Waals surface area contributed by atoms with Gasteiger partial charge in [0.1, 0.15) is 5.82 Å². The predicted molar refractivity (Wildman–Crippen MR) is 69.2 cm³/mol. The van der Waals surface area contributed by atoms with Crippen molar-refractivity contribution in [1.82, 2.24) is 5.32 Å². The Labute approximate surface area is 102 Å². The standard InChI is InChI=1S/C14H21FN2/c1-10(17-12-5-3-2-4-6-12)11-7-8-14(16)13(15)9-11/h7-10,12,17H,2-6,16H2,1H3/t10-/m0/s1. The summed E-state index contributed by atoms with van der Waals surface area (Å²) in [5.74, 6) is -0.320. The van der Waals surface area contributed by atoms with E-state index in [-0.39, 0.29) is 17.5 Å². The van der Waals surface area contributed by atoms with Gasteiger partial charge >= 0.3 is 0 Å². The van der Waals surface area contributed by atoms with Crippen LogP contribution in [0.2, 0.25) is 0 Å². The van der Waals surface area contributed by atoms with Gasteiger partial charge in [-0.2, -0.15) is 0 Å². The summed E-state index contributed by atoms with van der Waals surface area (Å²) in [6.07, 6.45) is 6.44. The molecule has 2 rings (SSSR count). The van der Waals surface area contributed by atoms with E-state index in [4.69, 9.17) is 5.73 Å². The molecule has 3 heteroatoms. The van der Waals surface area contributed by atoms with E-state index in [1.807, 2.05) is 6.07 Å². The Morgan fingerprint density at radius 3 is 2.65 bits per heavy atom. The van der Waals surface area contributed by atoms with Crippen LogP contribution in [0.3, 0.4) is 0 Å². The number of halogens is 1. The summed E-state index contributed by atoms with van der Waals surface area (Å²) in [5, 5.41) is 3.57. The average Bonchev–Trinajstić information content (AvgIpc) is 2.34. The molecule has 0 bridgehead atoms. The number of nitrogens with one attached hydrogen (secondary N) is 1. The smallest absolute Gasteiger partial charge is 0.146 e. The summed E-state index contributed by atoms with van der Waals surface area (Å²) in [6, 6.07) is 5.85. The summed E-state index contributed by atoms with van der Waals surface area (Å²) < 4.78 is 13.4. The average molecular weight is 236 g/mol. The fourth-order valence-electron chi connectivity index (χ4n) is 2.53. The van der Waals surface area contributed by atoms with Crippen molar-refractivity contribution >= 4 is 5.69 Å². The van der Waals surface area contributed by atoms with Crippen LogP contribution in [0.4, 0.5) is 10.1 Å². The van der Waals surface area contributed by atoms with Gasteiger partial charge < -0.3 is 11.1 Å². The van der Waals surface area contributed by atoms with Crippen LogP contribution in [0.15, 0.2) is 18.2 Å². The molecule has 0 aliphatic heterocycles. The van der Waals surface area contributed by atoms with Gasteiger partial charge in [-0.25, -0.2) is 4.39 Å². The van der Waals surface area contributed by atoms with Crippen molar-refractivity contribution in [3.8, 4) is 0 Å². The van der Waals surface area contributed by atoms with Crippen molar-refractivity contribution in [3.05, 3.63) is 29.6 Å². The van der Waals surface area contributed by atoms with Gasteiger partial charge in [-0.1, -0.05) is 25.3 Å². The summed E-state index contributed by atoms with van der Waals surface area (Å²) in [5.41, 5.74) is 6.67. The zero-order chi connectivity index (χ0) is 12.3. The number of nitrogen functional groups attached to an aromatic ring is 1. The summed E-state index contributed by atoms with van der Waals surface area (Å²) in [6.45, 7) is 2.08. The molecule has 17 heavy (non-hydrogen) atoms. The highest BCUT2D eigenvalue weighted by atomic mass is 19.1. The second kappa shape index (κ2) is 5.50. The van der Waals surface area contributed by atoms with E-state index in [0.29, 0.717) is 6.04 Å². The molecule has 0 amide bonds. The summed E-state index contributed by atoms with van der Waals surface area (Å²) in [7, 11) is 0. The lowest BCUT2D eigenvalue weighted by molar-refractivity contribution is 0.346. The van der Waals surface area contributed by atoms with Crippen LogP contribution < -0.4 is 11.1 Å². The normalized spacial score (nSPS) is 19.2. The maximum atomic E-state index is 13.4. The molecule has 1 fully saturated rings. The number of hydrogen-bond donors (Lipinski definition) is 2. The molecule has 3 N–H and O–H groups in total. The molecule has 0 spiro atoms. The Balaban J connectivity index is 1.98. The van der Waals surface area contributed by atoms with Crippen molar-refractivity contribution in [3.63, 3.8) is 0 Å². The lowest BCUT2D eigenvalue weighted by Gasteiger charge is -2.27. The first-order chi connectivity index (χ1) is 8.16. The van der Waals surface area contributed by atoms with Crippen molar-refractivity contribution in [2.75, 3.05) is 5.73 Å². The highest BCUT2D eigenvalue weighted by molar-refractivity contribution is 5.41. The van der Waals surface area contributed by atoms with Crippen LogP contribution in [0.1, 0.15) is 50.6 Å². The molecule has 1 aliphatic rings. The number of rotatable bonds is 3. The van der Waals surface area contributed by atoms with Gasteiger partial charge in [0.2, 0.25) is 0 Å². The van der Waals surface area contributed by atoms with E-state index in [1.165, 1.54) is 38.2 Å². The van der Waals surface area contributed by atoms with E-state index in [9.17, 15) is 4.39 Å². The first-order valence-corrected chi connectivity index (χ1v) is 6.48. The van der Waals surface area contributed by atoms with Gasteiger partial charge in [0.25, 0.3) is 0 Å². The monoisotopic (exact) mass is 236 g/mol. The molecule has 1 saturated carbocycles. The zero-order valence-corrected chi connectivity index (χ0v) is 10.4. The topological polar surface area (TPSA) is 38.0 Å². The second-order valence-corrected chi connectivity index (χ2v) is 5.00. The quantitative estimate of drug-likeness (QED) is 0.789. The minimum Gasteiger partial charge on any atom is -0.396 e. The van der Waals surface area contributed by atoms with E-state index < -0.39 is 0 Å². The second-order valence-electron chi connectivity index (χ2n) is 5.00. The van der Waals surface area contributed by atoms with Crippen LogP contribution in [-0.2, 0) is 0 Å². The SMILES string of the molecule is C[C@H](NC1CCCCC1)c1ccc(N)c(F)c1. The Kier molecular flexibility index (Phi) is 4.00. The molecule has 1 aromatic carbocycles. The van der Waals surface area contributed by atoms with Crippen molar-refractivity contribution in [1.29, 1.82) is 0 Å². The van der Waals surface area contributed by atoms with Crippen LogP contribution in [-0.4, -0.2) is 6.04 Å². The minimum atomic E-state index is -0.320. The Morgan fingerprint density at radius 2 is 2.00 bits per heavy atom. The largest absolute Gasteiger partial charge is 0.396 e. The zero-order valence-electron chi connectivity index (χ0n) is 10.4. The molecule has 0 radical (unpaired) electrons. The molecule has 0 heterocycles. The maximum absolute atomic E-state index is 13.4. The maximum Gasteiger partial charge on any atom is 0.146 e. The molecule has 1 atom stereocenters. The third-order valence-corrected chi connectivity index (χ3v) is 3.62. The van der Waals surface area contributed by atoms with Gasteiger partial charge in [-0.3, -0.25) is 0 Å². The summed E-state index contributed by atoms with van der Waals surface area (Å²) >= 11 is 0. The fraction of sp³-hybridized carbons (Fsp3) is 0.571. The van der Waals surface area contributed by atoms with Crippen LogP contribution in [0.25, 0.3) is 0 Å². The van der Waals surface area contributed by atoms with Crippen molar-refractivity contribution < 1.29 is 4.39 Å².